The van der Waals surface area contributed by atoms with Crippen molar-refractivity contribution in [2.24, 2.45) is 28.8 Å². The summed E-state index contributed by atoms with van der Waals surface area (Å²) in [7, 11) is 1.91. The summed E-state index contributed by atoms with van der Waals surface area (Å²) in [6.07, 6.45) is 11.2. The molecule has 3 atom stereocenters. The fourth-order valence-electron chi connectivity index (χ4n) is 6.26. The van der Waals surface area contributed by atoms with E-state index in [1.165, 1.54) is 12.8 Å². The number of hydrogen-bond donors (Lipinski definition) is 2. The van der Waals surface area contributed by atoms with Crippen LogP contribution in [0.25, 0.3) is 0 Å². The second kappa shape index (κ2) is 8.57. The zero-order chi connectivity index (χ0) is 26.0. The minimum atomic E-state index is -0.210. The van der Waals surface area contributed by atoms with Crippen molar-refractivity contribution in [2.75, 3.05) is 11.9 Å². The van der Waals surface area contributed by atoms with Crippen molar-refractivity contribution in [3.63, 3.8) is 0 Å². The van der Waals surface area contributed by atoms with Gasteiger partial charge >= 0.3 is 0 Å². The summed E-state index contributed by atoms with van der Waals surface area (Å²) >= 11 is 0. The van der Waals surface area contributed by atoms with Crippen LogP contribution in [-0.2, 0) is 11.8 Å². The van der Waals surface area contributed by atoms with Gasteiger partial charge in [0, 0.05) is 55.2 Å². The number of aliphatic imine (C=N–C) groups is 2. The molecule has 1 aliphatic carbocycles. The summed E-state index contributed by atoms with van der Waals surface area (Å²) < 4.78 is 1.78. The molecule has 4 aliphatic heterocycles. The van der Waals surface area contributed by atoms with E-state index in [0.29, 0.717) is 42.1 Å². The molecule has 5 aliphatic rings. The van der Waals surface area contributed by atoms with Crippen LogP contribution in [0.1, 0.15) is 66.1 Å². The first kappa shape index (κ1) is 23.2. The number of piperidine rings is 1. The minimum Gasteiger partial charge on any atom is -0.339 e. The fraction of sp³-hybridized carbons (Fsp3) is 0.393. The lowest BCUT2D eigenvalue weighted by Crippen LogP contribution is -2.53. The van der Waals surface area contributed by atoms with Crippen molar-refractivity contribution in [2.45, 2.75) is 50.5 Å². The number of hydrogen-bond acceptors (Lipinski definition) is 6. The van der Waals surface area contributed by atoms with Crippen LogP contribution in [0.4, 0.5) is 5.82 Å². The zero-order valence-electron chi connectivity index (χ0n) is 21.4. The van der Waals surface area contributed by atoms with E-state index in [0.717, 1.165) is 41.9 Å². The number of benzene rings is 1. The molecule has 0 spiro atoms. The lowest BCUT2D eigenvalue weighted by Gasteiger charge is -2.35. The summed E-state index contributed by atoms with van der Waals surface area (Å²) in [5.41, 5.74) is 4.26. The van der Waals surface area contributed by atoms with Gasteiger partial charge in [-0.05, 0) is 56.4 Å². The molecule has 1 aromatic heterocycles. The number of aryl methyl sites for hydroxylation is 1. The molecule has 38 heavy (non-hydrogen) atoms. The highest BCUT2D eigenvalue weighted by molar-refractivity contribution is 6.05. The maximum atomic E-state index is 12.9. The number of rotatable bonds is 5. The highest BCUT2D eigenvalue weighted by atomic mass is 16.2. The largest absolute Gasteiger partial charge is 0.339 e. The summed E-state index contributed by atoms with van der Waals surface area (Å²) in [5, 5.41) is 7.36. The average Bonchev–Trinajstić information content (AvgIpc) is 3.50. The van der Waals surface area contributed by atoms with Crippen LogP contribution in [0.15, 0.2) is 64.1 Å². The lowest BCUT2D eigenvalue weighted by molar-refractivity contribution is -0.750. The second-order valence-electron chi connectivity index (χ2n) is 11.0. The molecule has 5 heterocycles. The van der Waals surface area contributed by atoms with Crippen molar-refractivity contribution in [1.29, 1.82) is 0 Å². The van der Waals surface area contributed by atoms with E-state index in [-0.39, 0.29) is 22.3 Å². The topological polar surface area (TPSA) is 118 Å². The Hall–Kier alpha value is -3.89. The Labute approximate surface area is 220 Å². The summed E-state index contributed by atoms with van der Waals surface area (Å²) in [4.78, 5) is 36.8. The summed E-state index contributed by atoms with van der Waals surface area (Å²) in [6, 6.07) is 9.67. The molecule has 0 radical (unpaired) electrons. The fourth-order valence-corrected chi connectivity index (χ4v) is 6.26. The molecule has 3 N–H and O–H groups in total. The van der Waals surface area contributed by atoms with E-state index < -0.39 is 0 Å². The third-order valence-corrected chi connectivity index (χ3v) is 8.49. The van der Waals surface area contributed by atoms with Crippen LogP contribution in [0.5, 0.6) is 0 Å². The van der Waals surface area contributed by atoms with Crippen molar-refractivity contribution in [1.82, 2.24) is 14.7 Å². The molecule has 10 nitrogen and oxygen atoms in total. The van der Waals surface area contributed by atoms with E-state index in [4.69, 9.17) is 10.8 Å². The third kappa shape index (κ3) is 3.74. The van der Waals surface area contributed by atoms with E-state index in [9.17, 15) is 9.59 Å². The monoisotopic (exact) mass is 511 g/mol. The van der Waals surface area contributed by atoms with Crippen LogP contribution in [-0.4, -0.2) is 55.7 Å². The van der Waals surface area contributed by atoms with Crippen molar-refractivity contribution < 1.29 is 14.2 Å². The van der Waals surface area contributed by atoms with Gasteiger partial charge in [0.25, 0.3) is 11.7 Å². The Morgan fingerprint density at radius 1 is 1.11 bits per heavy atom. The SMILES string of the molecule is Cn1nc(NC(=O)c2ccc(C3=NC([C@@H]4CC[C@H]5CCC(=O)N5C4)=C4C=NC=C[N+]34N)cc2)cc1C1CC1. The smallest absolute Gasteiger partial charge is 0.264 e. The molecule has 3 fully saturated rings. The Kier molecular flexibility index (Phi) is 5.24. The number of carbonyl (C=O) groups is 2. The highest BCUT2D eigenvalue weighted by Crippen LogP contribution is 2.41. The zero-order valence-corrected chi connectivity index (χ0v) is 21.4. The van der Waals surface area contributed by atoms with Gasteiger partial charge in [0.15, 0.2) is 5.82 Å². The van der Waals surface area contributed by atoms with Crippen LogP contribution in [0.3, 0.4) is 0 Å². The molecular weight excluding hydrogens is 480 g/mol. The highest BCUT2D eigenvalue weighted by Gasteiger charge is 2.48. The molecule has 0 bridgehead atoms. The van der Waals surface area contributed by atoms with E-state index in [1.54, 1.807) is 24.5 Å². The first-order valence-corrected chi connectivity index (χ1v) is 13.4. The van der Waals surface area contributed by atoms with Gasteiger partial charge < -0.3 is 10.2 Å². The predicted molar refractivity (Wildman–Crippen MR) is 143 cm³/mol. The molecule has 7 rings (SSSR count). The lowest BCUT2D eigenvalue weighted by atomic mass is 9.90. The van der Waals surface area contributed by atoms with Crippen molar-refractivity contribution >= 4 is 29.7 Å². The van der Waals surface area contributed by atoms with Crippen LogP contribution in [0.2, 0.25) is 0 Å². The van der Waals surface area contributed by atoms with E-state index in [1.807, 2.05) is 41.0 Å². The third-order valence-electron chi connectivity index (χ3n) is 8.49. The number of aromatic nitrogens is 2. The molecule has 10 heteroatoms. The van der Waals surface area contributed by atoms with E-state index in [2.05, 4.69) is 15.4 Å². The minimum absolute atomic E-state index is 0.0733. The Balaban J connectivity index is 1.13. The molecule has 2 saturated heterocycles. The summed E-state index contributed by atoms with van der Waals surface area (Å²) in [6.45, 7) is 0.672. The first-order chi connectivity index (χ1) is 18.4. The van der Waals surface area contributed by atoms with Gasteiger partial charge in [-0.3, -0.25) is 19.3 Å². The number of amidine groups is 1. The van der Waals surface area contributed by atoms with Gasteiger partial charge in [-0.1, -0.05) is 0 Å². The van der Waals surface area contributed by atoms with Gasteiger partial charge in [-0.25, -0.2) is 0 Å². The molecule has 194 valence electrons. The molecule has 1 aromatic carbocycles. The van der Waals surface area contributed by atoms with Gasteiger partial charge in [0.1, 0.15) is 11.9 Å². The number of nitrogens with one attached hydrogen (secondary N) is 1. The molecule has 1 unspecified atom stereocenters. The Morgan fingerprint density at radius 3 is 2.68 bits per heavy atom. The number of nitrogens with zero attached hydrogens (tertiary/aromatic N) is 6. The molecular formula is C28H31N8O2+. The van der Waals surface area contributed by atoms with Crippen molar-refractivity contribution in [3.8, 4) is 0 Å². The number of quaternary nitrogens is 1. The van der Waals surface area contributed by atoms with Crippen LogP contribution >= 0.6 is 0 Å². The van der Waals surface area contributed by atoms with Gasteiger partial charge in [-0.2, -0.15) is 15.9 Å². The van der Waals surface area contributed by atoms with Crippen LogP contribution < -0.4 is 11.2 Å². The van der Waals surface area contributed by atoms with Crippen LogP contribution in [0, 0.1) is 5.92 Å². The second-order valence-corrected chi connectivity index (χ2v) is 11.0. The van der Waals surface area contributed by atoms with Crippen molar-refractivity contribution in [3.05, 3.63) is 70.9 Å². The number of nitrogens with two attached hydrogens (primary N) is 1. The quantitative estimate of drug-likeness (QED) is 0.474. The number of anilines is 1. The average molecular weight is 512 g/mol. The van der Waals surface area contributed by atoms with Gasteiger partial charge in [0.05, 0.1) is 18.0 Å². The van der Waals surface area contributed by atoms with Gasteiger partial charge in [0.2, 0.25) is 11.6 Å². The number of allylic oxidation sites excluding steroid dienone is 1. The Bertz CT molecular complexity index is 1460. The first-order valence-electron chi connectivity index (χ1n) is 13.4. The standard InChI is InChI=1S/C28H30N8O2/c1-34-22(17-2-3-17)14-24(33-34)31-28(38)19-6-4-18(5-7-19)27-32-26(23-15-30-12-13-36(23,27)29)20-8-9-21-10-11-25(37)35(21)16-20/h4-7,12-15,17,20-21H,2-3,8-11,16,29H2,1H3/p+1/t20-,21+,36?/m1/s1. The number of fused-ring (bicyclic) bond motifs is 2. The predicted octanol–water partition coefficient (Wildman–Crippen LogP) is 3.17. The Morgan fingerprint density at radius 2 is 1.89 bits per heavy atom. The number of amides is 2. The molecule has 1 saturated carbocycles. The molecule has 2 aromatic rings. The maximum Gasteiger partial charge on any atom is 0.264 e. The summed E-state index contributed by atoms with van der Waals surface area (Å²) in [5.74, 6) is 8.86. The number of carbonyl (C=O) groups excluding carboxylic acids is 2. The normalized spacial score (nSPS) is 28.0. The van der Waals surface area contributed by atoms with E-state index >= 15 is 0 Å². The molecule has 2 amide bonds. The van der Waals surface area contributed by atoms with Gasteiger partial charge in [-0.15, -0.1) is 4.59 Å². The maximum absolute atomic E-state index is 12.9.